The number of esters is 1. The summed E-state index contributed by atoms with van der Waals surface area (Å²) in [6, 6.07) is 3.79. The minimum atomic E-state index is -3.80. The summed E-state index contributed by atoms with van der Waals surface area (Å²) in [4.78, 5) is 11.3. The van der Waals surface area contributed by atoms with E-state index in [0.717, 1.165) is 0 Å². The summed E-state index contributed by atoms with van der Waals surface area (Å²) >= 11 is 6.35. The van der Waals surface area contributed by atoms with Crippen LogP contribution in [0.4, 0.5) is 0 Å². The summed E-state index contributed by atoms with van der Waals surface area (Å²) in [5, 5.41) is 0. The highest BCUT2D eigenvalue weighted by Crippen LogP contribution is 2.25. The number of carbonyl (C=O) groups excluding carboxylic acids is 1. The Balaban J connectivity index is 3.07. The van der Waals surface area contributed by atoms with Gasteiger partial charge in [-0.2, -0.15) is 4.72 Å². The number of methoxy groups -OCH3 is 1. The maximum Gasteiger partial charge on any atom is 0.323 e. The zero-order chi connectivity index (χ0) is 13.9. The average Bonchev–Trinajstić information content (AvgIpc) is 2.30. The van der Waals surface area contributed by atoms with E-state index in [2.05, 4.69) is 41.3 Å². The van der Waals surface area contributed by atoms with Crippen LogP contribution in [0, 0.1) is 0 Å². The Hall–Kier alpha value is -0.440. The monoisotopic (exact) mass is 399 g/mol. The second kappa shape index (κ2) is 6.14. The number of sulfonamides is 1. The molecule has 1 rings (SSSR count). The summed E-state index contributed by atoms with van der Waals surface area (Å²) in [5.41, 5.74) is 0. The molecule has 0 saturated carbocycles. The number of halogens is 2. The molecule has 0 amide bonds. The number of hydrogen-bond donors (Lipinski definition) is 1. The first-order valence-corrected chi connectivity index (χ1v) is 7.90. The Kier molecular flexibility index (Phi) is 5.32. The third-order valence-electron chi connectivity index (χ3n) is 2.07. The quantitative estimate of drug-likeness (QED) is 0.785. The summed E-state index contributed by atoms with van der Waals surface area (Å²) in [7, 11) is -2.60. The third-order valence-corrected chi connectivity index (χ3v) is 5.10. The molecular weight excluding hydrogens is 390 g/mol. The van der Waals surface area contributed by atoms with Crippen LogP contribution < -0.4 is 4.72 Å². The third kappa shape index (κ3) is 3.78. The molecule has 0 heterocycles. The van der Waals surface area contributed by atoms with E-state index in [1.807, 2.05) is 0 Å². The Bertz CT molecular complexity index is 559. The lowest BCUT2D eigenvalue weighted by Gasteiger charge is -2.13. The van der Waals surface area contributed by atoms with E-state index in [-0.39, 0.29) is 4.90 Å². The zero-order valence-corrected chi connectivity index (χ0v) is 13.6. The van der Waals surface area contributed by atoms with Gasteiger partial charge in [-0.3, -0.25) is 4.79 Å². The molecular formula is C10H11Br2NO4S. The van der Waals surface area contributed by atoms with Gasteiger partial charge in [0.1, 0.15) is 6.04 Å². The second-order valence-electron chi connectivity index (χ2n) is 3.44. The fourth-order valence-corrected chi connectivity index (χ4v) is 3.90. The molecule has 0 fully saturated rings. The van der Waals surface area contributed by atoms with Gasteiger partial charge in [0.15, 0.2) is 0 Å². The van der Waals surface area contributed by atoms with Gasteiger partial charge in [-0.1, -0.05) is 15.9 Å². The van der Waals surface area contributed by atoms with Crippen LogP contribution in [0.2, 0.25) is 0 Å². The molecule has 0 aliphatic carbocycles. The SMILES string of the molecule is COC(=O)[C@H](C)NS(=O)(=O)c1cc(Br)ccc1Br. The van der Waals surface area contributed by atoms with Gasteiger partial charge in [0.05, 0.1) is 12.0 Å². The molecule has 1 N–H and O–H groups in total. The van der Waals surface area contributed by atoms with Crippen LogP contribution >= 0.6 is 31.9 Å². The van der Waals surface area contributed by atoms with Gasteiger partial charge in [-0.25, -0.2) is 8.42 Å². The van der Waals surface area contributed by atoms with Crippen molar-refractivity contribution >= 4 is 47.9 Å². The molecule has 1 atom stereocenters. The second-order valence-corrected chi connectivity index (χ2v) is 6.89. The first-order valence-electron chi connectivity index (χ1n) is 4.83. The molecule has 18 heavy (non-hydrogen) atoms. The highest BCUT2D eigenvalue weighted by atomic mass is 79.9. The van der Waals surface area contributed by atoms with E-state index < -0.39 is 22.0 Å². The Morgan fingerprint density at radius 2 is 2.00 bits per heavy atom. The zero-order valence-electron chi connectivity index (χ0n) is 9.61. The Morgan fingerprint density at radius 3 is 2.56 bits per heavy atom. The molecule has 0 spiro atoms. The van der Waals surface area contributed by atoms with Crippen molar-refractivity contribution in [2.24, 2.45) is 0 Å². The molecule has 0 bridgehead atoms. The molecule has 0 unspecified atom stereocenters. The van der Waals surface area contributed by atoms with E-state index >= 15 is 0 Å². The van der Waals surface area contributed by atoms with Crippen LogP contribution in [-0.4, -0.2) is 27.5 Å². The van der Waals surface area contributed by atoms with E-state index in [0.29, 0.717) is 8.95 Å². The molecule has 0 aliphatic rings. The largest absolute Gasteiger partial charge is 0.468 e. The minimum absolute atomic E-state index is 0.0487. The summed E-state index contributed by atoms with van der Waals surface area (Å²) in [5.74, 6) is -0.648. The van der Waals surface area contributed by atoms with Crippen molar-refractivity contribution in [1.82, 2.24) is 4.72 Å². The molecule has 0 aromatic heterocycles. The molecule has 0 saturated heterocycles. The fraction of sp³-hybridized carbons (Fsp3) is 0.300. The van der Waals surface area contributed by atoms with Crippen LogP contribution in [0.3, 0.4) is 0 Å². The van der Waals surface area contributed by atoms with Crippen molar-refractivity contribution in [1.29, 1.82) is 0 Å². The Labute approximate surface area is 122 Å². The van der Waals surface area contributed by atoms with Gasteiger partial charge in [-0.05, 0) is 41.1 Å². The van der Waals surface area contributed by atoms with Gasteiger partial charge in [0.2, 0.25) is 10.0 Å². The van der Waals surface area contributed by atoms with Gasteiger partial charge >= 0.3 is 5.97 Å². The molecule has 0 radical (unpaired) electrons. The molecule has 1 aromatic rings. The lowest BCUT2D eigenvalue weighted by atomic mass is 10.4. The first-order chi connectivity index (χ1) is 8.27. The molecule has 8 heteroatoms. The Morgan fingerprint density at radius 1 is 1.39 bits per heavy atom. The number of nitrogens with one attached hydrogen (secondary N) is 1. The number of ether oxygens (including phenoxy) is 1. The van der Waals surface area contributed by atoms with Crippen LogP contribution in [0.1, 0.15) is 6.92 Å². The van der Waals surface area contributed by atoms with Crippen LogP contribution in [-0.2, 0) is 19.6 Å². The van der Waals surface area contributed by atoms with E-state index in [9.17, 15) is 13.2 Å². The van der Waals surface area contributed by atoms with E-state index in [1.54, 1.807) is 12.1 Å². The topological polar surface area (TPSA) is 72.5 Å². The smallest absolute Gasteiger partial charge is 0.323 e. The minimum Gasteiger partial charge on any atom is -0.468 e. The van der Waals surface area contributed by atoms with Crippen LogP contribution in [0.25, 0.3) is 0 Å². The predicted molar refractivity (Wildman–Crippen MR) is 73.6 cm³/mol. The highest BCUT2D eigenvalue weighted by molar-refractivity contribution is 9.11. The molecule has 1 aromatic carbocycles. The van der Waals surface area contributed by atoms with Gasteiger partial charge in [0.25, 0.3) is 0 Å². The molecule has 0 aliphatic heterocycles. The summed E-state index contributed by atoms with van der Waals surface area (Å²) in [6.07, 6.45) is 0. The predicted octanol–water partition coefficient (Wildman–Crippen LogP) is 2.05. The standard InChI is InChI=1S/C10H11Br2NO4S/c1-6(10(14)17-2)13-18(15,16)9-5-7(11)3-4-8(9)12/h3-6,13H,1-2H3/t6-/m0/s1. The van der Waals surface area contributed by atoms with E-state index in [1.165, 1.54) is 20.1 Å². The van der Waals surface area contributed by atoms with Crippen molar-refractivity contribution in [2.45, 2.75) is 17.9 Å². The normalized spacial score (nSPS) is 13.1. The van der Waals surface area contributed by atoms with Crippen LogP contribution in [0.15, 0.2) is 32.0 Å². The lowest BCUT2D eigenvalue weighted by molar-refractivity contribution is -0.142. The van der Waals surface area contributed by atoms with Crippen molar-refractivity contribution in [2.75, 3.05) is 7.11 Å². The van der Waals surface area contributed by atoms with Crippen LogP contribution in [0.5, 0.6) is 0 Å². The maximum absolute atomic E-state index is 12.1. The average molecular weight is 401 g/mol. The number of benzene rings is 1. The summed E-state index contributed by atoms with van der Waals surface area (Å²) < 4.78 is 31.9. The van der Waals surface area contributed by atoms with Gasteiger partial charge < -0.3 is 4.74 Å². The first kappa shape index (κ1) is 15.6. The van der Waals surface area contributed by atoms with Gasteiger partial charge in [0, 0.05) is 8.95 Å². The van der Waals surface area contributed by atoms with Crippen molar-refractivity contribution in [3.63, 3.8) is 0 Å². The molecule has 100 valence electrons. The molecule has 5 nitrogen and oxygen atoms in total. The lowest BCUT2D eigenvalue weighted by Crippen LogP contribution is -2.39. The maximum atomic E-state index is 12.1. The number of hydrogen-bond acceptors (Lipinski definition) is 4. The highest BCUT2D eigenvalue weighted by Gasteiger charge is 2.24. The van der Waals surface area contributed by atoms with Crippen molar-refractivity contribution < 1.29 is 17.9 Å². The van der Waals surface area contributed by atoms with Gasteiger partial charge in [-0.15, -0.1) is 0 Å². The summed E-state index contributed by atoms with van der Waals surface area (Å²) in [6.45, 7) is 1.41. The van der Waals surface area contributed by atoms with E-state index in [4.69, 9.17) is 0 Å². The fourth-order valence-electron chi connectivity index (χ4n) is 1.20. The van der Waals surface area contributed by atoms with Crippen molar-refractivity contribution in [3.05, 3.63) is 27.1 Å². The number of carbonyl (C=O) groups is 1. The number of rotatable bonds is 4. The van der Waals surface area contributed by atoms with Crippen molar-refractivity contribution in [3.8, 4) is 0 Å².